The lowest BCUT2D eigenvalue weighted by molar-refractivity contribution is -0.157. The molecule has 1 aromatic heterocycles. The molecule has 0 radical (unpaired) electrons. The van der Waals surface area contributed by atoms with Crippen LogP contribution in [0.4, 0.5) is 0 Å². The molecule has 0 saturated heterocycles. The standard InChI is InChI=1S/C28H31N3O4/c1-34-28(33)26-22-15-25(35-19-7-3-2-4-8-19)27-21(20-9-5-6-10-23(20)30-27)13-14-31(17-29)16-18(22)11-12-24(26)32/h2-10,18,22,24-26,30,32H,11-16H2,1H3/t18-,22-,24-,25-,26+/m0/s1. The summed E-state index contributed by atoms with van der Waals surface area (Å²) in [6.07, 6.45) is 3.73. The number of aromatic amines is 1. The predicted molar refractivity (Wildman–Crippen MR) is 131 cm³/mol. The molecular formula is C28H31N3O4. The van der Waals surface area contributed by atoms with Crippen LogP contribution in [-0.4, -0.2) is 47.3 Å². The van der Waals surface area contributed by atoms with E-state index in [1.54, 1.807) is 4.90 Å². The fourth-order valence-electron chi connectivity index (χ4n) is 6.00. The van der Waals surface area contributed by atoms with E-state index in [0.29, 0.717) is 32.4 Å². The van der Waals surface area contributed by atoms with Crippen molar-refractivity contribution in [1.29, 1.82) is 5.26 Å². The van der Waals surface area contributed by atoms with Crippen molar-refractivity contribution in [3.8, 4) is 11.9 Å². The number of carbonyl (C=O) groups excluding carboxylic acids is 1. The molecule has 3 aromatic rings. The first-order valence-corrected chi connectivity index (χ1v) is 12.3. The maximum Gasteiger partial charge on any atom is 0.311 e. The van der Waals surface area contributed by atoms with Gasteiger partial charge in [-0.25, -0.2) is 0 Å². The van der Waals surface area contributed by atoms with Crippen LogP contribution < -0.4 is 4.74 Å². The van der Waals surface area contributed by atoms with Gasteiger partial charge in [0.1, 0.15) is 11.9 Å². The number of methoxy groups -OCH3 is 1. The highest BCUT2D eigenvalue weighted by molar-refractivity contribution is 5.85. The molecule has 1 fully saturated rings. The van der Waals surface area contributed by atoms with Crippen molar-refractivity contribution in [1.82, 2.24) is 9.88 Å². The second-order valence-corrected chi connectivity index (χ2v) is 9.63. The molecule has 2 aromatic carbocycles. The van der Waals surface area contributed by atoms with Crippen molar-refractivity contribution >= 4 is 16.9 Å². The van der Waals surface area contributed by atoms with Crippen molar-refractivity contribution in [3.63, 3.8) is 0 Å². The molecule has 0 amide bonds. The minimum Gasteiger partial charge on any atom is -0.484 e. The second kappa shape index (κ2) is 10.0. The number of ether oxygens (including phenoxy) is 2. The summed E-state index contributed by atoms with van der Waals surface area (Å²) in [5.74, 6) is -0.445. The van der Waals surface area contributed by atoms with Crippen molar-refractivity contribution in [2.45, 2.75) is 37.9 Å². The summed E-state index contributed by atoms with van der Waals surface area (Å²) in [7, 11) is 1.37. The first kappa shape index (κ1) is 23.3. The minimum atomic E-state index is -0.776. The van der Waals surface area contributed by atoms with Gasteiger partial charge >= 0.3 is 5.97 Å². The van der Waals surface area contributed by atoms with Crippen molar-refractivity contribution in [3.05, 3.63) is 65.9 Å². The third-order valence-corrected chi connectivity index (χ3v) is 7.69. The van der Waals surface area contributed by atoms with E-state index in [9.17, 15) is 15.2 Å². The van der Waals surface area contributed by atoms with Crippen LogP contribution >= 0.6 is 0 Å². The number of nitrogens with one attached hydrogen (secondary N) is 1. The summed E-state index contributed by atoms with van der Waals surface area (Å²) >= 11 is 0. The topological polar surface area (TPSA) is 98.6 Å². The number of nitrogens with zero attached hydrogens (tertiary/aromatic N) is 2. The second-order valence-electron chi connectivity index (χ2n) is 9.63. The van der Waals surface area contributed by atoms with E-state index < -0.39 is 18.0 Å². The molecule has 0 spiro atoms. The van der Waals surface area contributed by atoms with Crippen LogP contribution in [0.25, 0.3) is 10.9 Å². The highest BCUT2D eigenvalue weighted by Gasteiger charge is 2.46. The molecule has 182 valence electrons. The Labute approximate surface area is 205 Å². The van der Waals surface area contributed by atoms with Gasteiger partial charge in [-0.2, -0.15) is 5.26 Å². The third kappa shape index (κ3) is 4.59. The van der Waals surface area contributed by atoms with Gasteiger partial charge < -0.3 is 24.5 Å². The molecule has 2 N–H and O–H groups in total. The number of aliphatic hydroxyl groups excluding tert-OH is 1. The number of aliphatic hydroxyl groups is 1. The first-order chi connectivity index (χ1) is 17.1. The van der Waals surface area contributed by atoms with Gasteiger partial charge in [0, 0.05) is 24.0 Å². The van der Waals surface area contributed by atoms with Crippen LogP contribution in [-0.2, 0) is 16.0 Å². The molecule has 1 aliphatic carbocycles. The molecule has 1 saturated carbocycles. The van der Waals surface area contributed by atoms with Gasteiger partial charge in [-0.3, -0.25) is 4.79 Å². The molecule has 0 bridgehead atoms. The SMILES string of the molecule is COC(=O)[C@@H]1[C@H]2C[C@H](Oc3ccccc3)c3[nH]c4ccccc4c3CCN(C#N)C[C@@H]2CC[C@@H]1O. The lowest BCUT2D eigenvalue weighted by Crippen LogP contribution is -2.47. The number of hydrogen-bond acceptors (Lipinski definition) is 6. The van der Waals surface area contributed by atoms with E-state index in [1.807, 2.05) is 48.5 Å². The Morgan fingerprint density at radius 2 is 1.91 bits per heavy atom. The number of para-hydroxylation sites is 2. The van der Waals surface area contributed by atoms with E-state index in [4.69, 9.17) is 9.47 Å². The van der Waals surface area contributed by atoms with E-state index in [-0.39, 0.29) is 17.9 Å². The molecular weight excluding hydrogens is 442 g/mol. The van der Waals surface area contributed by atoms with E-state index in [2.05, 4.69) is 17.2 Å². The summed E-state index contributed by atoms with van der Waals surface area (Å²) in [5.41, 5.74) is 3.12. The van der Waals surface area contributed by atoms with Gasteiger partial charge in [-0.05, 0) is 61.3 Å². The van der Waals surface area contributed by atoms with Crippen LogP contribution in [0.2, 0.25) is 0 Å². The molecule has 5 atom stereocenters. The number of benzene rings is 2. The fourth-order valence-corrected chi connectivity index (χ4v) is 6.00. The number of aromatic nitrogens is 1. The quantitative estimate of drug-likeness (QED) is 0.437. The van der Waals surface area contributed by atoms with Crippen LogP contribution in [0.1, 0.15) is 36.6 Å². The molecule has 2 heterocycles. The Balaban J connectivity index is 1.64. The van der Waals surface area contributed by atoms with E-state index >= 15 is 0 Å². The predicted octanol–water partition coefficient (Wildman–Crippen LogP) is 4.19. The van der Waals surface area contributed by atoms with Gasteiger partial charge in [-0.15, -0.1) is 0 Å². The number of hydrogen-bond donors (Lipinski definition) is 2. The van der Waals surface area contributed by atoms with Gasteiger partial charge in [0.05, 0.1) is 24.8 Å². The number of nitriles is 1. The van der Waals surface area contributed by atoms with Crippen LogP contribution in [0.15, 0.2) is 54.6 Å². The zero-order chi connectivity index (χ0) is 24.4. The van der Waals surface area contributed by atoms with Gasteiger partial charge in [0.15, 0.2) is 6.19 Å². The highest BCUT2D eigenvalue weighted by Crippen LogP contribution is 2.44. The Kier molecular flexibility index (Phi) is 6.65. The first-order valence-electron chi connectivity index (χ1n) is 12.3. The molecule has 35 heavy (non-hydrogen) atoms. The zero-order valence-electron chi connectivity index (χ0n) is 19.9. The monoisotopic (exact) mass is 473 g/mol. The van der Waals surface area contributed by atoms with Gasteiger partial charge in [0.25, 0.3) is 0 Å². The Bertz CT molecular complexity index is 1220. The van der Waals surface area contributed by atoms with Crippen LogP contribution in [0.5, 0.6) is 5.75 Å². The van der Waals surface area contributed by atoms with Gasteiger partial charge in [0.2, 0.25) is 0 Å². The normalized spacial score (nSPS) is 26.8. The smallest absolute Gasteiger partial charge is 0.311 e. The van der Waals surface area contributed by atoms with Crippen molar-refractivity contribution in [2.24, 2.45) is 17.8 Å². The maximum absolute atomic E-state index is 12.9. The van der Waals surface area contributed by atoms with E-state index in [0.717, 1.165) is 34.3 Å². The largest absolute Gasteiger partial charge is 0.484 e. The molecule has 0 unspecified atom stereocenters. The third-order valence-electron chi connectivity index (χ3n) is 7.69. The van der Waals surface area contributed by atoms with Crippen molar-refractivity contribution < 1.29 is 19.4 Å². The number of carbonyl (C=O) groups is 1. The molecule has 2 aliphatic rings. The summed E-state index contributed by atoms with van der Waals surface area (Å²) in [6, 6.07) is 17.9. The fraction of sp³-hybridized carbons (Fsp3) is 0.429. The van der Waals surface area contributed by atoms with Gasteiger partial charge in [-0.1, -0.05) is 36.4 Å². The minimum absolute atomic E-state index is 0.0648. The van der Waals surface area contributed by atoms with Crippen LogP contribution in [0.3, 0.4) is 0 Å². The summed E-state index contributed by atoms with van der Waals surface area (Å²) < 4.78 is 11.7. The Morgan fingerprint density at radius 1 is 1.14 bits per heavy atom. The summed E-state index contributed by atoms with van der Waals surface area (Å²) in [4.78, 5) is 18.3. The number of esters is 1. The number of H-pyrrole nitrogens is 1. The Morgan fingerprint density at radius 3 is 2.69 bits per heavy atom. The average molecular weight is 474 g/mol. The summed E-state index contributed by atoms with van der Waals surface area (Å²) in [5, 5.41) is 21.9. The molecule has 1 aliphatic heterocycles. The highest BCUT2D eigenvalue weighted by atomic mass is 16.5. The number of rotatable bonds is 3. The number of fused-ring (bicyclic) bond motifs is 4. The van der Waals surface area contributed by atoms with Crippen LogP contribution in [0, 0.1) is 29.2 Å². The van der Waals surface area contributed by atoms with E-state index in [1.165, 1.54) is 7.11 Å². The lowest BCUT2D eigenvalue weighted by atomic mass is 9.67. The maximum atomic E-state index is 12.9. The average Bonchev–Trinajstić information content (AvgIpc) is 3.26. The molecule has 7 nitrogen and oxygen atoms in total. The molecule has 7 heteroatoms. The summed E-state index contributed by atoms with van der Waals surface area (Å²) in [6.45, 7) is 1.13. The molecule has 5 rings (SSSR count). The Hall–Kier alpha value is -3.50. The zero-order valence-corrected chi connectivity index (χ0v) is 19.9. The van der Waals surface area contributed by atoms with Crippen molar-refractivity contribution in [2.75, 3.05) is 20.2 Å². The lowest BCUT2D eigenvalue weighted by Gasteiger charge is -2.42.